The van der Waals surface area contributed by atoms with Crippen LogP contribution in [0.15, 0.2) is 53.1 Å². The summed E-state index contributed by atoms with van der Waals surface area (Å²) < 4.78 is 25.0. The topological polar surface area (TPSA) is 71.7 Å². The minimum absolute atomic E-state index is 0.204. The summed E-state index contributed by atoms with van der Waals surface area (Å²) in [6, 6.07) is 12.0. The number of aliphatic hydroxyl groups excluding tert-OH is 1. The number of aliphatic hydroxyl groups is 1. The fourth-order valence-electron chi connectivity index (χ4n) is 3.24. The van der Waals surface area contributed by atoms with Gasteiger partial charge in [0.1, 0.15) is 23.9 Å². The van der Waals surface area contributed by atoms with Gasteiger partial charge < -0.3 is 19.6 Å². The molecule has 1 aromatic heterocycles. The summed E-state index contributed by atoms with van der Waals surface area (Å²) in [5.41, 5.74) is 3.11. The molecule has 1 saturated carbocycles. The van der Waals surface area contributed by atoms with Gasteiger partial charge in [-0.3, -0.25) is 4.79 Å². The average Bonchev–Trinajstić information content (AvgIpc) is 3.47. The van der Waals surface area contributed by atoms with Gasteiger partial charge in [-0.05, 0) is 66.6 Å². The molecular weight excluding hydrogens is 385 g/mol. The number of furan rings is 1. The third-order valence-corrected chi connectivity index (χ3v) is 5.28. The number of hydrogen-bond acceptors (Lipinski definition) is 4. The van der Waals surface area contributed by atoms with E-state index >= 15 is 0 Å². The van der Waals surface area contributed by atoms with Crippen molar-refractivity contribution in [1.29, 1.82) is 0 Å². The van der Waals surface area contributed by atoms with Gasteiger partial charge in [-0.1, -0.05) is 18.2 Å². The summed E-state index contributed by atoms with van der Waals surface area (Å²) >= 11 is 0. The van der Waals surface area contributed by atoms with E-state index in [1.807, 2.05) is 6.07 Å². The molecule has 1 fully saturated rings. The zero-order chi connectivity index (χ0) is 21.1. The molecule has 4 rings (SSSR count). The monoisotopic (exact) mass is 409 g/mol. The SMILES string of the molecule is Cc1ccc(CNC(=O)c2cc(-c3ccoc3CO)ccc2OCC2CC2)cc1F. The Kier molecular flexibility index (Phi) is 5.86. The first-order valence-electron chi connectivity index (χ1n) is 10.0. The second-order valence-electron chi connectivity index (χ2n) is 7.65. The number of carbonyl (C=O) groups excluding carboxylic acids is 1. The molecule has 0 radical (unpaired) electrons. The Labute approximate surface area is 174 Å². The van der Waals surface area contributed by atoms with Crippen molar-refractivity contribution in [2.24, 2.45) is 5.92 Å². The number of halogens is 1. The summed E-state index contributed by atoms with van der Waals surface area (Å²) in [6.07, 6.45) is 3.80. The second-order valence-corrected chi connectivity index (χ2v) is 7.65. The highest BCUT2D eigenvalue weighted by atomic mass is 19.1. The van der Waals surface area contributed by atoms with Crippen LogP contribution in [0.2, 0.25) is 0 Å². The van der Waals surface area contributed by atoms with E-state index in [4.69, 9.17) is 9.15 Å². The minimum Gasteiger partial charge on any atom is -0.492 e. The summed E-state index contributed by atoms with van der Waals surface area (Å²) in [4.78, 5) is 13.0. The molecule has 0 bridgehead atoms. The maximum absolute atomic E-state index is 13.8. The molecule has 3 aromatic rings. The van der Waals surface area contributed by atoms with E-state index in [0.29, 0.717) is 40.7 Å². The highest BCUT2D eigenvalue weighted by molar-refractivity contribution is 5.98. The number of aryl methyl sites for hydroxylation is 1. The zero-order valence-corrected chi connectivity index (χ0v) is 16.8. The standard InChI is InChI=1S/C24H24FNO4/c1-15-2-3-17(10-21(15)25)12-26-24(28)20-11-18(19-8-9-29-23(19)13-27)6-7-22(20)30-14-16-4-5-16/h2-3,6-11,16,27H,4-5,12-14H2,1H3,(H,26,28). The van der Waals surface area contributed by atoms with E-state index in [2.05, 4.69) is 5.32 Å². The average molecular weight is 409 g/mol. The highest BCUT2D eigenvalue weighted by Gasteiger charge is 2.23. The van der Waals surface area contributed by atoms with Gasteiger partial charge in [0.25, 0.3) is 5.91 Å². The van der Waals surface area contributed by atoms with E-state index in [1.165, 1.54) is 12.3 Å². The largest absolute Gasteiger partial charge is 0.492 e. The smallest absolute Gasteiger partial charge is 0.255 e. The van der Waals surface area contributed by atoms with Crippen LogP contribution < -0.4 is 10.1 Å². The summed E-state index contributed by atoms with van der Waals surface area (Å²) in [5, 5.41) is 12.3. The normalized spacial score (nSPS) is 13.3. The molecule has 156 valence electrons. The predicted octanol–water partition coefficient (Wildman–Crippen LogP) is 4.61. The molecule has 0 unspecified atom stereocenters. The fraction of sp³-hybridized carbons (Fsp3) is 0.292. The lowest BCUT2D eigenvalue weighted by atomic mass is 10.0. The molecule has 0 atom stereocenters. The Balaban J connectivity index is 1.57. The van der Waals surface area contributed by atoms with Crippen LogP contribution in [0.4, 0.5) is 4.39 Å². The van der Waals surface area contributed by atoms with Gasteiger partial charge in [0.05, 0.1) is 18.4 Å². The highest BCUT2D eigenvalue weighted by Crippen LogP contribution is 2.33. The molecule has 2 N–H and O–H groups in total. The van der Waals surface area contributed by atoms with E-state index in [1.54, 1.807) is 37.3 Å². The van der Waals surface area contributed by atoms with Crippen LogP contribution in [0.3, 0.4) is 0 Å². The van der Waals surface area contributed by atoms with Crippen LogP contribution >= 0.6 is 0 Å². The summed E-state index contributed by atoms with van der Waals surface area (Å²) in [5.74, 6) is 0.882. The first kappa shape index (κ1) is 20.2. The quantitative estimate of drug-likeness (QED) is 0.570. The number of hydrogen-bond donors (Lipinski definition) is 2. The van der Waals surface area contributed by atoms with Crippen molar-refractivity contribution in [3.8, 4) is 16.9 Å². The minimum atomic E-state index is -0.308. The molecule has 5 nitrogen and oxygen atoms in total. The molecule has 0 saturated heterocycles. The van der Waals surface area contributed by atoms with Crippen molar-refractivity contribution in [1.82, 2.24) is 5.32 Å². The van der Waals surface area contributed by atoms with Gasteiger partial charge >= 0.3 is 0 Å². The molecule has 1 heterocycles. The van der Waals surface area contributed by atoms with E-state index in [9.17, 15) is 14.3 Å². The van der Waals surface area contributed by atoms with E-state index < -0.39 is 0 Å². The summed E-state index contributed by atoms with van der Waals surface area (Å²) in [7, 11) is 0. The summed E-state index contributed by atoms with van der Waals surface area (Å²) in [6.45, 7) is 2.25. The van der Waals surface area contributed by atoms with E-state index in [0.717, 1.165) is 24.0 Å². The molecule has 2 aromatic carbocycles. The first-order chi connectivity index (χ1) is 14.5. The lowest BCUT2D eigenvalue weighted by Crippen LogP contribution is -2.24. The number of benzene rings is 2. The van der Waals surface area contributed by atoms with Crippen LogP contribution in [-0.4, -0.2) is 17.6 Å². The molecule has 6 heteroatoms. The Morgan fingerprint density at radius 2 is 2.07 bits per heavy atom. The lowest BCUT2D eigenvalue weighted by molar-refractivity contribution is 0.0946. The Bertz CT molecular complexity index is 1060. The number of carbonyl (C=O) groups is 1. The van der Waals surface area contributed by atoms with Crippen molar-refractivity contribution in [3.05, 3.63) is 77.0 Å². The maximum atomic E-state index is 13.8. The Morgan fingerprint density at radius 1 is 1.23 bits per heavy atom. The van der Waals surface area contributed by atoms with Gasteiger partial charge in [-0.15, -0.1) is 0 Å². The molecule has 1 aliphatic rings. The first-order valence-corrected chi connectivity index (χ1v) is 10.0. The van der Waals surface area contributed by atoms with Crippen LogP contribution in [0, 0.1) is 18.7 Å². The molecule has 30 heavy (non-hydrogen) atoms. The lowest BCUT2D eigenvalue weighted by Gasteiger charge is -2.14. The van der Waals surface area contributed by atoms with Crippen molar-refractivity contribution in [2.45, 2.75) is 32.9 Å². The van der Waals surface area contributed by atoms with Crippen molar-refractivity contribution >= 4 is 5.91 Å². The third-order valence-electron chi connectivity index (χ3n) is 5.28. The number of nitrogens with one attached hydrogen (secondary N) is 1. The van der Waals surface area contributed by atoms with Crippen LogP contribution in [0.1, 0.15) is 40.1 Å². The molecular formula is C24H24FNO4. The molecule has 1 amide bonds. The van der Waals surface area contributed by atoms with Crippen molar-refractivity contribution < 1.29 is 23.4 Å². The Hall–Kier alpha value is -3.12. The van der Waals surface area contributed by atoms with Crippen molar-refractivity contribution in [3.63, 3.8) is 0 Å². The predicted molar refractivity (Wildman–Crippen MR) is 111 cm³/mol. The van der Waals surface area contributed by atoms with Gasteiger partial charge in [0.15, 0.2) is 0 Å². The third kappa shape index (κ3) is 4.54. The second kappa shape index (κ2) is 8.71. The zero-order valence-electron chi connectivity index (χ0n) is 16.8. The number of amides is 1. The Morgan fingerprint density at radius 3 is 2.80 bits per heavy atom. The van der Waals surface area contributed by atoms with E-state index in [-0.39, 0.29) is 24.9 Å². The van der Waals surface area contributed by atoms with Crippen molar-refractivity contribution in [2.75, 3.05) is 6.61 Å². The maximum Gasteiger partial charge on any atom is 0.255 e. The fourth-order valence-corrected chi connectivity index (χ4v) is 3.24. The van der Waals surface area contributed by atoms with Gasteiger partial charge in [-0.2, -0.15) is 0 Å². The number of ether oxygens (including phenoxy) is 1. The van der Waals surface area contributed by atoms with Crippen LogP contribution in [-0.2, 0) is 13.2 Å². The number of rotatable bonds is 8. The van der Waals surface area contributed by atoms with Gasteiger partial charge in [-0.25, -0.2) is 4.39 Å². The van der Waals surface area contributed by atoms with Crippen LogP contribution in [0.5, 0.6) is 5.75 Å². The molecule has 0 spiro atoms. The van der Waals surface area contributed by atoms with Gasteiger partial charge in [0, 0.05) is 12.1 Å². The molecule has 1 aliphatic carbocycles. The van der Waals surface area contributed by atoms with Gasteiger partial charge in [0.2, 0.25) is 0 Å². The molecule has 0 aliphatic heterocycles. The van der Waals surface area contributed by atoms with Crippen LogP contribution in [0.25, 0.3) is 11.1 Å².